The second kappa shape index (κ2) is 8.93. The minimum Gasteiger partial charge on any atom is -0.379 e. The molecule has 0 unspecified atom stereocenters. The second-order valence-electron chi connectivity index (χ2n) is 8.78. The van der Waals surface area contributed by atoms with Crippen LogP contribution in [0.1, 0.15) is 37.7 Å². The van der Waals surface area contributed by atoms with Gasteiger partial charge in [0.15, 0.2) is 0 Å². The first-order chi connectivity index (χ1) is 13.7. The summed E-state index contributed by atoms with van der Waals surface area (Å²) in [7, 11) is 1.94. The molecule has 3 heterocycles. The number of carbonyl (C=O) groups excluding carboxylic acids is 1. The van der Waals surface area contributed by atoms with Gasteiger partial charge in [-0.1, -0.05) is 0 Å². The van der Waals surface area contributed by atoms with Crippen LogP contribution in [-0.4, -0.2) is 72.6 Å². The lowest BCUT2D eigenvalue weighted by Crippen LogP contribution is -2.60. The molecule has 3 atom stereocenters. The Labute approximate surface area is 168 Å². The minimum absolute atomic E-state index is 0.213. The molecule has 2 saturated heterocycles. The maximum absolute atomic E-state index is 13.3. The Kier molecular flexibility index (Phi) is 6.33. The van der Waals surface area contributed by atoms with Crippen LogP contribution in [0.4, 0.5) is 0 Å². The van der Waals surface area contributed by atoms with E-state index in [0.29, 0.717) is 12.0 Å². The van der Waals surface area contributed by atoms with Crippen molar-refractivity contribution in [3.63, 3.8) is 0 Å². The van der Waals surface area contributed by atoms with Gasteiger partial charge in [0.25, 0.3) is 0 Å². The normalized spacial score (nSPS) is 31.3. The van der Waals surface area contributed by atoms with E-state index in [1.165, 1.54) is 5.56 Å². The number of fused-ring (bicyclic) bond motifs is 1. The van der Waals surface area contributed by atoms with Gasteiger partial charge in [0.1, 0.15) is 0 Å². The van der Waals surface area contributed by atoms with Gasteiger partial charge in [0, 0.05) is 45.5 Å². The third kappa shape index (κ3) is 4.26. The van der Waals surface area contributed by atoms with E-state index in [0.717, 1.165) is 84.5 Å². The molecular weight excluding hydrogens is 354 g/mol. The van der Waals surface area contributed by atoms with Gasteiger partial charge in [-0.25, -0.2) is 0 Å². The summed E-state index contributed by atoms with van der Waals surface area (Å²) in [5.41, 5.74) is 1.02. The van der Waals surface area contributed by atoms with Gasteiger partial charge in [-0.2, -0.15) is 5.10 Å². The number of nitrogens with zero attached hydrogens (tertiary/aromatic N) is 3. The Balaban J connectivity index is 1.31. The van der Waals surface area contributed by atoms with Crippen molar-refractivity contribution in [1.29, 1.82) is 0 Å². The summed E-state index contributed by atoms with van der Waals surface area (Å²) < 4.78 is 7.35. The number of aromatic nitrogens is 2. The maximum atomic E-state index is 13.3. The number of amides is 1. The lowest BCUT2D eigenvalue weighted by Gasteiger charge is -2.50. The highest BCUT2D eigenvalue weighted by atomic mass is 16.5. The number of rotatable bonds is 6. The van der Waals surface area contributed by atoms with Gasteiger partial charge in [0.2, 0.25) is 5.91 Å². The SMILES string of the molecule is Cn1cc(CCCNC(=O)[C@@]23CC[C@H](N4CCOCC4)C[C@H]2CCNC3)cn1. The molecule has 3 fully saturated rings. The molecule has 1 amide bonds. The number of aryl methyl sites for hydroxylation is 2. The highest BCUT2D eigenvalue weighted by molar-refractivity contribution is 5.83. The molecule has 4 rings (SSSR count). The predicted molar refractivity (Wildman–Crippen MR) is 108 cm³/mol. The molecule has 2 N–H and O–H groups in total. The average Bonchev–Trinajstić information content (AvgIpc) is 3.16. The second-order valence-corrected chi connectivity index (χ2v) is 8.78. The third-order valence-electron chi connectivity index (χ3n) is 7.07. The first-order valence-electron chi connectivity index (χ1n) is 11.0. The van der Waals surface area contributed by atoms with Crippen LogP contribution in [0.2, 0.25) is 0 Å². The molecule has 7 nitrogen and oxygen atoms in total. The third-order valence-corrected chi connectivity index (χ3v) is 7.07. The van der Waals surface area contributed by atoms with Crippen molar-refractivity contribution in [3.8, 4) is 0 Å². The number of nitrogens with one attached hydrogen (secondary N) is 2. The Morgan fingerprint density at radius 1 is 1.39 bits per heavy atom. The molecule has 28 heavy (non-hydrogen) atoms. The summed E-state index contributed by atoms with van der Waals surface area (Å²) >= 11 is 0. The van der Waals surface area contributed by atoms with E-state index in [2.05, 4.69) is 26.8 Å². The fourth-order valence-corrected chi connectivity index (χ4v) is 5.44. The molecule has 1 aliphatic carbocycles. The molecular formula is C21H35N5O2. The van der Waals surface area contributed by atoms with Crippen molar-refractivity contribution in [1.82, 2.24) is 25.3 Å². The van der Waals surface area contributed by atoms with Crippen molar-refractivity contribution in [2.24, 2.45) is 18.4 Å². The molecule has 3 aliphatic rings. The van der Waals surface area contributed by atoms with Gasteiger partial charge >= 0.3 is 0 Å². The highest BCUT2D eigenvalue weighted by Crippen LogP contribution is 2.46. The molecule has 7 heteroatoms. The van der Waals surface area contributed by atoms with E-state index in [4.69, 9.17) is 4.74 Å². The van der Waals surface area contributed by atoms with Crippen LogP contribution in [0, 0.1) is 11.3 Å². The van der Waals surface area contributed by atoms with Crippen molar-refractivity contribution < 1.29 is 9.53 Å². The number of piperidine rings is 1. The number of ether oxygens (including phenoxy) is 1. The number of hydrogen-bond donors (Lipinski definition) is 2. The monoisotopic (exact) mass is 389 g/mol. The lowest BCUT2D eigenvalue weighted by atomic mass is 9.61. The van der Waals surface area contributed by atoms with Gasteiger partial charge in [-0.15, -0.1) is 0 Å². The maximum Gasteiger partial charge on any atom is 0.227 e. The van der Waals surface area contributed by atoms with E-state index in [-0.39, 0.29) is 11.3 Å². The number of hydrogen-bond acceptors (Lipinski definition) is 5. The Bertz CT molecular complexity index is 657. The molecule has 0 radical (unpaired) electrons. The molecule has 0 bridgehead atoms. The van der Waals surface area contributed by atoms with Gasteiger partial charge in [0.05, 0.1) is 24.8 Å². The van der Waals surface area contributed by atoms with E-state index in [9.17, 15) is 4.79 Å². The Hall–Kier alpha value is -1.44. The lowest BCUT2D eigenvalue weighted by molar-refractivity contribution is -0.140. The van der Waals surface area contributed by atoms with Crippen molar-refractivity contribution in [2.75, 3.05) is 45.9 Å². The largest absolute Gasteiger partial charge is 0.379 e. The van der Waals surface area contributed by atoms with E-state index >= 15 is 0 Å². The molecule has 0 spiro atoms. The molecule has 1 aromatic rings. The zero-order valence-electron chi connectivity index (χ0n) is 17.2. The average molecular weight is 390 g/mol. The fraction of sp³-hybridized carbons (Fsp3) is 0.810. The van der Waals surface area contributed by atoms with Crippen LogP contribution in [0.15, 0.2) is 12.4 Å². The molecule has 2 aliphatic heterocycles. The Morgan fingerprint density at radius 2 is 2.25 bits per heavy atom. The fourth-order valence-electron chi connectivity index (χ4n) is 5.44. The summed E-state index contributed by atoms with van der Waals surface area (Å²) in [6.07, 6.45) is 10.3. The van der Waals surface area contributed by atoms with Crippen molar-refractivity contribution >= 4 is 5.91 Å². The van der Waals surface area contributed by atoms with Crippen LogP contribution >= 0.6 is 0 Å². The highest BCUT2D eigenvalue weighted by Gasteiger charge is 2.50. The van der Waals surface area contributed by atoms with Gasteiger partial charge in [-0.05, 0) is 56.6 Å². The van der Waals surface area contributed by atoms with Crippen molar-refractivity contribution in [2.45, 2.75) is 44.6 Å². The first-order valence-corrected chi connectivity index (χ1v) is 11.0. The van der Waals surface area contributed by atoms with Crippen LogP contribution in [0.5, 0.6) is 0 Å². The van der Waals surface area contributed by atoms with Gasteiger partial charge in [-0.3, -0.25) is 14.4 Å². The standard InChI is InChI=1S/C21H35N5O2/c1-25-15-17(14-24-25)3-2-7-23-20(27)21-6-4-19(26-9-11-28-12-10-26)13-18(21)5-8-22-16-21/h14-15,18-19,22H,2-13,16H2,1H3,(H,23,27)/t18-,19+,21-/m1/s1. The minimum atomic E-state index is -0.213. The summed E-state index contributed by atoms with van der Waals surface area (Å²) in [4.78, 5) is 15.8. The zero-order chi connectivity index (χ0) is 19.4. The van der Waals surface area contributed by atoms with E-state index < -0.39 is 0 Å². The molecule has 0 aromatic carbocycles. The van der Waals surface area contributed by atoms with Crippen LogP contribution < -0.4 is 10.6 Å². The van der Waals surface area contributed by atoms with Gasteiger partial charge < -0.3 is 15.4 Å². The smallest absolute Gasteiger partial charge is 0.227 e. The number of morpholine rings is 1. The summed E-state index contributed by atoms with van der Waals surface area (Å²) in [5.74, 6) is 0.769. The van der Waals surface area contributed by atoms with E-state index in [1.54, 1.807) is 0 Å². The molecule has 1 saturated carbocycles. The summed E-state index contributed by atoms with van der Waals surface area (Å²) in [6, 6.07) is 0.624. The molecule has 1 aromatic heterocycles. The first kappa shape index (κ1) is 19.9. The Morgan fingerprint density at radius 3 is 3.04 bits per heavy atom. The number of carbonyl (C=O) groups is 1. The quantitative estimate of drug-likeness (QED) is 0.709. The predicted octanol–water partition coefficient (Wildman–Crippen LogP) is 0.950. The molecule has 156 valence electrons. The topological polar surface area (TPSA) is 71.4 Å². The zero-order valence-corrected chi connectivity index (χ0v) is 17.2. The van der Waals surface area contributed by atoms with Crippen LogP contribution in [0.25, 0.3) is 0 Å². The van der Waals surface area contributed by atoms with E-state index in [1.807, 2.05) is 17.9 Å². The van der Waals surface area contributed by atoms with Crippen molar-refractivity contribution in [3.05, 3.63) is 18.0 Å². The summed E-state index contributed by atoms with van der Waals surface area (Å²) in [5, 5.41) is 11.0. The summed E-state index contributed by atoms with van der Waals surface area (Å²) in [6.45, 7) is 6.41. The van der Waals surface area contributed by atoms with Crippen LogP contribution in [0.3, 0.4) is 0 Å². The van der Waals surface area contributed by atoms with Crippen LogP contribution in [-0.2, 0) is 23.0 Å².